The zero-order valence-electron chi connectivity index (χ0n) is 17.3. The summed E-state index contributed by atoms with van der Waals surface area (Å²) in [6.07, 6.45) is -0.859. The lowest BCUT2D eigenvalue weighted by Crippen LogP contribution is -2.32. The molecule has 8 nitrogen and oxygen atoms in total. The second-order valence-corrected chi connectivity index (χ2v) is 6.89. The standard InChI is InChI=1S/C22H24N4O4/c1-14-20(22(29)26(25(14)4)18-10-6-5-7-11-18)24-21(28)15(2)30-19-12-8-9-17(13-19)23-16(3)27/h5-13,15H,1-4H3,(H,23,27)(H,24,28)/t15-/m0/s1. The minimum absolute atomic E-state index is 0.202. The van der Waals surface area contributed by atoms with Crippen LogP contribution >= 0.6 is 0 Å². The Morgan fingerprint density at radius 2 is 1.73 bits per heavy atom. The van der Waals surface area contributed by atoms with Crippen molar-refractivity contribution in [3.8, 4) is 11.4 Å². The first-order valence-electron chi connectivity index (χ1n) is 9.47. The molecule has 0 fully saturated rings. The van der Waals surface area contributed by atoms with Gasteiger partial charge in [0, 0.05) is 25.7 Å². The highest BCUT2D eigenvalue weighted by Gasteiger charge is 2.22. The third-order valence-corrected chi connectivity index (χ3v) is 4.64. The fraction of sp³-hybridized carbons (Fsp3) is 0.227. The van der Waals surface area contributed by atoms with Crippen molar-refractivity contribution in [1.82, 2.24) is 9.36 Å². The van der Waals surface area contributed by atoms with E-state index in [1.54, 1.807) is 49.8 Å². The van der Waals surface area contributed by atoms with Gasteiger partial charge in [-0.25, -0.2) is 4.68 Å². The molecule has 0 bridgehead atoms. The molecule has 0 unspecified atom stereocenters. The van der Waals surface area contributed by atoms with E-state index < -0.39 is 12.0 Å². The van der Waals surface area contributed by atoms with E-state index in [-0.39, 0.29) is 17.2 Å². The molecule has 1 heterocycles. The van der Waals surface area contributed by atoms with Gasteiger partial charge in [-0.15, -0.1) is 0 Å². The zero-order chi connectivity index (χ0) is 21.8. The molecule has 2 N–H and O–H groups in total. The van der Waals surface area contributed by atoms with Crippen molar-refractivity contribution in [3.05, 3.63) is 70.6 Å². The van der Waals surface area contributed by atoms with Crippen LogP contribution < -0.4 is 20.9 Å². The quantitative estimate of drug-likeness (QED) is 0.656. The lowest BCUT2D eigenvalue weighted by molar-refractivity contribution is -0.122. The maximum atomic E-state index is 12.9. The predicted molar refractivity (Wildman–Crippen MR) is 115 cm³/mol. The summed E-state index contributed by atoms with van der Waals surface area (Å²) in [5, 5.41) is 5.35. The number of hydrogen-bond donors (Lipinski definition) is 2. The molecule has 0 radical (unpaired) electrons. The molecule has 0 aliphatic rings. The first-order chi connectivity index (χ1) is 14.3. The van der Waals surface area contributed by atoms with Crippen LogP contribution in [0.3, 0.4) is 0 Å². The summed E-state index contributed by atoms with van der Waals surface area (Å²) in [5.74, 6) is -0.228. The molecular weight excluding hydrogens is 384 g/mol. The van der Waals surface area contributed by atoms with Gasteiger partial charge < -0.3 is 15.4 Å². The highest BCUT2D eigenvalue weighted by molar-refractivity contribution is 5.94. The molecule has 2 aromatic carbocycles. The highest BCUT2D eigenvalue weighted by Crippen LogP contribution is 2.19. The average Bonchev–Trinajstić information content (AvgIpc) is 2.91. The van der Waals surface area contributed by atoms with E-state index in [1.165, 1.54) is 11.6 Å². The lowest BCUT2D eigenvalue weighted by Gasteiger charge is -2.15. The monoisotopic (exact) mass is 408 g/mol. The average molecular weight is 408 g/mol. The number of hydrogen-bond acceptors (Lipinski definition) is 4. The van der Waals surface area contributed by atoms with E-state index in [0.29, 0.717) is 22.8 Å². The molecule has 1 aromatic heterocycles. The molecule has 2 amide bonds. The fourth-order valence-corrected chi connectivity index (χ4v) is 3.05. The van der Waals surface area contributed by atoms with Crippen molar-refractivity contribution in [2.24, 2.45) is 7.05 Å². The fourth-order valence-electron chi connectivity index (χ4n) is 3.05. The number of para-hydroxylation sites is 1. The number of nitrogens with zero attached hydrogens (tertiary/aromatic N) is 2. The van der Waals surface area contributed by atoms with E-state index >= 15 is 0 Å². The third kappa shape index (κ3) is 4.43. The number of anilines is 2. The van der Waals surface area contributed by atoms with Gasteiger partial charge in [0.25, 0.3) is 11.5 Å². The van der Waals surface area contributed by atoms with Gasteiger partial charge in [-0.3, -0.25) is 19.1 Å². The third-order valence-electron chi connectivity index (χ3n) is 4.64. The van der Waals surface area contributed by atoms with Crippen LogP contribution in [-0.2, 0) is 16.6 Å². The second-order valence-electron chi connectivity index (χ2n) is 6.89. The molecular formula is C22H24N4O4. The highest BCUT2D eigenvalue weighted by atomic mass is 16.5. The van der Waals surface area contributed by atoms with Crippen LogP contribution in [0.1, 0.15) is 19.5 Å². The minimum atomic E-state index is -0.859. The van der Waals surface area contributed by atoms with E-state index in [0.717, 1.165) is 0 Å². The molecule has 156 valence electrons. The van der Waals surface area contributed by atoms with Crippen LogP contribution in [0.25, 0.3) is 5.69 Å². The summed E-state index contributed by atoms with van der Waals surface area (Å²) >= 11 is 0. The van der Waals surface area contributed by atoms with E-state index in [2.05, 4.69) is 10.6 Å². The summed E-state index contributed by atoms with van der Waals surface area (Å²) in [7, 11) is 1.76. The van der Waals surface area contributed by atoms with Gasteiger partial charge in [0.15, 0.2) is 6.10 Å². The van der Waals surface area contributed by atoms with Crippen molar-refractivity contribution in [2.45, 2.75) is 26.9 Å². The van der Waals surface area contributed by atoms with Crippen molar-refractivity contribution in [1.29, 1.82) is 0 Å². The Balaban J connectivity index is 1.78. The number of rotatable bonds is 6. The molecule has 3 aromatic rings. The van der Waals surface area contributed by atoms with Crippen molar-refractivity contribution in [2.75, 3.05) is 10.6 Å². The van der Waals surface area contributed by atoms with Gasteiger partial charge in [-0.2, -0.15) is 0 Å². The van der Waals surface area contributed by atoms with Gasteiger partial charge in [-0.1, -0.05) is 24.3 Å². The lowest BCUT2D eigenvalue weighted by atomic mass is 10.3. The Hall–Kier alpha value is -3.81. The summed E-state index contributed by atoms with van der Waals surface area (Å²) in [5.41, 5.74) is 1.77. The van der Waals surface area contributed by atoms with E-state index in [9.17, 15) is 14.4 Å². The Labute approximate surface area is 174 Å². The van der Waals surface area contributed by atoms with Crippen LogP contribution in [0.2, 0.25) is 0 Å². The molecule has 0 saturated heterocycles. The minimum Gasteiger partial charge on any atom is -0.481 e. The van der Waals surface area contributed by atoms with Gasteiger partial charge in [0.1, 0.15) is 11.4 Å². The van der Waals surface area contributed by atoms with Crippen molar-refractivity contribution >= 4 is 23.2 Å². The number of carbonyl (C=O) groups excluding carboxylic acids is 2. The molecule has 8 heteroatoms. The number of benzene rings is 2. The van der Waals surface area contributed by atoms with Crippen LogP contribution in [0, 0.1) is 6.92 Å². The molecule has 0 saturated carbocycles. The van der Waals surface area contributed by atoms with Crippen LogP contribution in [0.5, 0.6) is 5.75 Å². The molecule has 0 aliphatic carbocycles. The number of amides is 2. The summed E-state index contributed by atoms with van der Waals surface area (Å²) in [6.45, 7) is 4.77. The topological polar surface area (TPSA) is 94.4 Å². The summed E-state index contributed by atoms with van der Waals surface area (Å²) in [4.78, 5) is 36.8. The van der Waals surface area contributed by atoms with Gasteiger partial charge in [0.2, 0.25) is 5.91 Å². The first kappa shape index (κ1) is 20.9. The van der Waals surface area contributed by atoms with E-state index in [1.807, 2.05) is 30.3 Å². The van der Waals surface area contributed by atoms with Gasteiger partial charge >= 0.3 is 0 Å². The first-order valence-corrected chi connectivity index (χ1v) is 9.47. The molecule has 30 heavy (non-hydrogen) atoms. The predicted octanol–water partition coefficient (Wildman–Crippen LogP) is 2.85. The van der Waals surface area contributed by atoms with E-state index in [4.69, 9.17) is 4.74 Å². The SMILES string of the molecule is CC(=O)Nc1cccc(O[C@@H](C)C(=O)Nc2c(C)n(C)n(-c3ccccc3)c2=O)c1. The van der Waals surface area contributed by atoms with Crippen LogP contribution in [0.15, 0.2) is 59.4 Å². The number of ether oxygens (including phenoxy) is 1. The van der Waals surface area contributed by atoms with Gasteiger partial charge in [-0.05, 0) is 38.1 Å². The molecule has 0 spiro atoms. The van der Waals surface area contributed by atoms with Crippen molar-refractivity contribution < 1.29 is 14.3 Å². The Morgan fingerprint density at radius 3 is 2.40 bits per heavy atom. The normalized spacial score (nSPS) is 11.6. The number of aromatic nitrogens is 2. The Morgan fingerprint density at radius 1 is 1.03 bits per heavy atom. The second kappa shape index (κ2) is 8.69. The van der Waals surface area contributed by atoms with Crippen LogP contribution in [0.4, 0.5) is 11.4 Å². The maximum absolute atomic E-state index is 12.9. The number of nitrogens with one attached hydrogen (secondary N) is 2. The smallest absolute Gasteiger partial charge is 0.295 e. The van der Waals surface area contributed by atoms with Crippen LogP contribution in [-0.4, -0.2) is 27.3 Å². The van der Waals surface area contributed by atoms with Gasteiger partial charge in [0.05, 0.1) is 11.4 Å². The Kier molecular flexibility index (Phi) is 6.06. The summed E-state index contributed by atoms with van der Waals surface area (Å²) < 4.78 is 8.88. The van der Waals surface area contributed by atoms with Crippen molar-refractivity contribution in [3.63, 3.8) is 0 Å². The summed E-state index contributed by atoms with van der Waals surface area (Å²) in [6, 6.07) is 15.9. The zero-order valence-corrected chi connectivity index (χ0v) is 17.3. The Bertz CT molecular complexity index is 1130. The maximum Gasteiger partial charge on any atom is 0.295 e. The molecule has 0 aliphatic heterocycles. The number of carbonyl (C=O) groups is 2. The largest absolute Gasteiger partial charge is 0.481 e. The molecule has 3 rings (SSSR count). The molecule has 1 atom stereocenters.